The van der Waals surface area contributed by atoms with Gasteiger partial charge in [0.05, 0.1) is 0 Å². The van der Waals surface area contributed by atoms with Gasteiger partial charge in [-0.3, -0.25) is 0 Å². The first kappa shape index (κ1) is 11.9. The van der Waals surface area contributed by atoms with Crippen molar-refractivity contribution in [3.63, 3.8) is 0 Å². The molecule has 1 aromatic carbocycles. The minimum absolute atomic E-state index is 0.181. The summed E-state index contributed by atoms with van der Waals surface area (Å²) in [4.78, 5) is 0. The molecule has 88 valence electrons. The molecular weight excluding hydrogens is 218 g/mol. The zero-order chi connectivity index (χ0) is 11.5. The van der Waals surface area contributed by atoms with Crippen LogP contribution in [0.15, 0.2) is 18.2 Å². The van der Waals surface area contributed by atoms with Gasteiger partial charge >= 0.3 is 0 Å². The van der Waals surface area contributed by atoms with E-state index in [-0.39, 0.29) is 6.04 Å². The standard InChI is InChI=1S/C14H20ClN/c1-10-8-12(15)6-7-13(10)14(16)9-11-4-2-3-5-11/h6-8,11,14H,2-5,9,16H2,1H3. The van der Waals surface area contributed by atoms with Crippen LogP contribution >= 0.6 is 11.6 Å². The topological polar surface area (TPSA) is 26.0 Å². The Bertz CT molecular complexity index is 356. The Hall–Kier alpha value is -0.530. The number of aryl methyl sites for hydroxylation is 1. The zero-order valence-electron chi connectivity index (χ0n) is 9.88. The van der Waals surface area contributed by atoms with E-state index >= 15 is 0 Å². The van der Waals surface area contributed by atoms with Crippen LogP contribution in [0.4, 0.5) is 0 Å². The first-order valence-corrected chi connectivity index (χ1v) is 6.56. The first-order valence-electron chi connectivity index (χ1n) is 6.18. The lowest BCUT2D eigenvalue weighted by molar-refractivity contribution is 0.450. The van der Waals surface area contributed by atoms with Gasteiger partial charge in [0.15, 0.2) is 0 Å². The largest absolute Gasteiger partial charge is 0.324 e. The molecule has 2 heteroatoms. The number of hydrogen-bond acceptors (Lipinski definition) is 1. The highest BCUT2D eigenvalue weighted by atomic mass is 35.5. The summed E-state index contributed by atoms with van der Waals surface area (Å²) >= 11 is 5.95. The smallest absolute Gasteiger partial charge is 0.0408 e. The molecule has 16 heavy (non-hydrogen) atoms. The van der Waals surface area contributed by atoms with E-state index in [1.807, 2.05) is 12.1 Å². The van der Waals surface area contributed by atoms with Crippen molar-refractivity contribution in [3.05, 3.63) is 34.3 Å². The monoisotopic (exact) mass is 237 g/mol. The van der Waals surface area contributed by atoms with Crippen LogP contribution in [-0.2, 0) is 0 Å². The second-order valence-electron chi connectivity index (χ2n) is 4.99. The van der Waals surface area contributed by atoms with E-state index < -0.39 is 0 Å². The van der Waals surface area contributed by atoms with Crippen molar-refractivity contribution >= 4 is 11.6 Å². The summed E-state index contributed by atoms with van der Waals surface area (Å²) in [5, 5.41) is 0.800. The van der Waals surface area contributed by atoms with Gasteiger partial charge in [-0.2, -0.15) is 0 Å². The van der Waals surface area contributed by atoms with Gasteiger partial charge in [0.1, 0.15) is 0 Å². The van der Waals surface area contributed by atoms with Crippen molar-refractivity contribution in [2.45, 2.75) is 45.1 Å². The average Bonchev–Trinajstić information content (AvgIpc) is 2.70. The van der Waals surface area contributed by atoms with Crippen molar-refractivity contribution in [1.29, 1.82) is 0 Å². The van der Waals surface area contributed by atoms with Crippen molar-refractivity contribution in [2.24, 2.45) is 11.7 Å². The maximum absolute atomic E-state index is 6.28. The molecule has 1 aromatic rings. The third-order valence-corrected chi connectivity index (χ3v) is 3.93. The van der Waals surface area contributed by atoms with Gasteiger partial charge in [-0.1, -0.05) is 43.4 Å². The van der Waals surface area contributed by atoms with Gasteiger partial charge in [-0.15, -0.1) is 0 Å². The van der Waals surface area contributed by atoms with E-state index in [1.54, 1.807) is 0 Å². The molecule has 1 nitrogen and oxygen atoms in total. The van der Waals surface area contributed by atoms with Crippen molar-refractivity contribution in [3.8, 4) is 0 Å². The molecule has 1 saturated carbocycles. The molecule has 0 aromatic heterocycles. The van der Waals surface area contributed by atoms with Gasteiger partial charge in [-0.25, -0.2) is 0 Å². The van der Waals surface area contributed by atoms with Gasteiger partial charge < -0.3 is 5.73 Å². The fraction of sp³-hybridized carbons (Fsp3) is 0.571. The summed E-state index contributed by atoms with van der Waals surface area (Å²) in [6.45, 7) is 2.09. The summed E-state index contributed by atoms with van der Waals surface area (Å²) in [6, 6.07) is 6.21. The van der Waals surface area contributed by atoms with Crippen LogP contribution in [0, 0.1) is 12.8 Å². The quantitative estimate of drug-likeness (QED) is 0.837. The number of halogens is 1. The molecule has 1 fully saturated rings. The molecule has 1 aliphatic rings. The second-order valence-corrected chi connectivity index (χ2v) is 5.43. The summed E-state index contributed by atoms with van der Waals surface area (Å²) in [6.07, 6.45) is 6.62. The van der Waals surface area contributed by atoms with Crippen molar-refractivity contribution < 1.29 is 0 Å². The molecular formula is C14H20ClN. The normalized spacial score (nSPS) is 18.9. The lowest BCUT2D eigenvalue weighted by Gasteiger charge is -2.18. The molecule has 0 amide bonds. The predicted octanol–water partition coefficient (Wildman–Crippen LogP) is 4.23. The van der Waals surface area contributed by atoms with Crippen LogP contribution < -0.4 is 5.73 Å². The minimum Gasteiger partial charge on any atom is -0.324 e. The van der Waals surface area contributed by atoms with E-state index in [0.717, 1.165) is 17.4 Å². The first-order chi connectivity index (χ1) is 7.66. The highest BCUT2D eigenvalue weighted by molar-refractivity contribution is 6.30. The average molecular weight is 238 g/mol. The lowest BCUT2D eigenvalue weighted by Crippen LogP contribution is -2.15. The second kappa shape index (κ2) is 5.20. The predicted molar refractivity (Wildman–Crippen MR) is 69.7 cm³/mol. The van der Waals surface area contributed by atoms with Crippen molar-refractivity contribution in [1.82, 2.24) is 0 Å². The molecule has 0 radical (unpaired) electrons. The van der Waals surface area contributed by atoms with Gasteiger partial charge in [-0.05, 0) is 42.5 Å². The molecule has 0 aliphatic heterocycles. The highest BCUT2D eigenvalue weighted by Gasteiger charge is 2.19. The molecule has 2 rings (SSSR count). The van der Waals surface area contributed by atoms with Crippen LogP contribution in [0.3, 0.4) is 0 Å². The Morgan fingerprint density at radius 1 is 1.38 bits per heavy atom. The van der Waals surface area contributed by atoms with E-state index in [9.17, 15) is 0 Å². The Labute approximate surface area is 103 Å². The summed E-state index contributed by atoms with van der Waals surface area (Å²) in [5.41, 5.74) is 8.76. The van der Waals surface area contributed by atoms with Crippen LogP contribution in [0.25, 0.3) is 0 Å². The van der Waals surface area contributed by atoms with Crippen LogP contribution in [0.5, 0.6) is 0 Å². The van der Waals surface area contributed by atoms with Crippen LogP contribution in [-0.4, -0.2) is 0 Å². The summed E-state index contributed by atoms with van der Waals surface area (Å²) in [5.74, 6) is 0.838. The third-order valence-electron chi connectivity index (χ3n) is 3.69. The lowest BCUT2D eigenvalue weighted by atomic mass is 9.92. The molecule has 0 saturated heterocycles. The number of benzene rings is 1. The van der Waals surface area contributed by atoms with E-state index in [1.165, 1.54) is 36.8 Å². The molecule has 0 spiro atoms. The number of nitrogens with two attached hydrogens (primary N) is 1. The Kier molecular flexibility index (Phi) is 3.88. The maximum atomic E-state index is 6.28. The maximum Gasteiger partial charge on any atom is 0.0408 e. The Balaban J connectivity index is 2.04. The minimum atomic E-state index is 0.181. The van der Waals surface area contributed by atoms with Crippen LogP contribution in [0.1, 0.15) is 49.3 Å². The van der Waals surface area contributed by atoms with E-state index in [0.29, 0.717) is 0 Å². The molecule has 0 bridgehead atoms. The molecule has 2 N–H and O–H groups in total. The molecule has 1 atom stereocenters. The summed E-state index contributed by atoms with van der Waals surface area (Å²) in [7, 11) is 0. The third kappa shape index (κ3) is 2.78. The zero-order valence-corrected chi connectivity index (χ0v) is 10.6. The Morgan fingerprint density at radius 2 is 2.06 bits per heavy atom. The SMILES string of the molecule is Cc1cc(Cl)ccc1C(N)CC1CCCC1. The Morgan fingerprint density at radius 3 is 2.69 bits per heavy atom. The number of rotatable bonds is 3. The van der Waals surface area contributed by atoms with Crippen molar-refractivity contribution in [2.75, 3.05) is 0 Å². The van der Waals surface area contributed by atoms with Gasteiger partial charge in [0.2, 0.25) is 0 Å². The molecule has 1 unspecified atom stereocenters. The number of hydrogen-bond donors (Lipinski definition) is 1. The van der Waals surface area contributed by atoms with Crippen LogP contribution in [0.2, 0.25) is 5.02 Å². The van der Waals surface area contributed by atoms with Gasteiger partial charge in [0.25, 0.3) is 0 Å². The fourth-order valence-electron chi connectivity index (χ4n) is 2.79. The fourth-order valence-corrected chi connectivity index (χ4v) is 3.01. The summed E-state index contributed by atoms with van der Waals surface area (Å²) < 4.78 is 0. The van der Waals surface area contributed by atoms with E-state index in [4.69, 9.17) is 17.3 Å². The van der Waals surface area contributed by atoms with E-state index in [2.05, 4.69) is 13.0 Å². The highest BCUT2D eigenvalue weighted by Crippen LogP contribution is 2.33. The van der Waals surface area contributed by atoms with Gasteiger partial charge in [0, 0.05) is 11.1 Å². The molecule has 0 heterocycles. The molecule has 1 aliphatic carbocycles.